The molecule has 1 atom stereocenters. The van der Waals surface area contributed by atoms with E-state index in [9.17, 15) is 9.59 Å². The van der Waals surface area contributed by atoms with Gasteiger partial charge in [0.15, 0.2) is 0 Å². The molecule has 1 N–H and O–H groups in total. The van der Waals surface area contributed by atoms with Crippen LogP contribution >= 0.6 is 0 Å². The lowest BCUT2D eigenvalue weighted by Crippen LogP contribution is -2.41. The SMILES string of the molecule is Cc1cn(C)c([C@H]2CCCN(C(=O)c3cc4c([nH]c3=O)CCC4)C2)n1. The van der Waals surface area contributed by atoms with E-state index in [-0.39, 0.29) is 22.9 Å². The number of hydrogen-bond acceptors (Lipinski definition) is 3. The van der Waals surface area contributed by atoms with Crippen molar-refractivity contribution in [2.24, 2.45) is 7.05 Å². The summed E-state index contributed by atoms with van der Waals surface area (Å²) < 4.78 is 2.05. The highest BCUT2D eigenvalue weighted by molar-refractivity contribution is 5.94. The number of H-pyrrole nitrogens is 1. The second-order valence-corrected chi connectivity index (χ2v) is 7.31. The van der Waals surface area contributed by atoms with Gasteiger partial charge in [-0.3, -0.25) is 9.59 Å². The van der Waals surface area contributed by atoms with Crippen molar-refractivity contribution in [3.8, 4) is 0 Å². The van der Waals surface area contributed by atoms with Gasteiger partial charge in [0.05, 0.1) is 5.69 Å². The second-order valence-electron chi connectivity index (χ2n) is 7.31. The highest BCUT2D eigenvalue weighted by Gasteiger charge is 2.29. The molecule has 6 nitrogen and oxygen atoms in total. The summed E-state index contributed by atoms with van der Waals surface area (Å²) in [5.41, 5.74) is 3.16. The number of pyridine rings is 1. The zero-order chi connectivity index (χ0) is 17.6. The molecule has 2 aromatic rings. The number of aromatic nitrogens is 3. The number of piperidine rings is 1. The lowest BCUT2D eigenvalue weighted by Gasteiger charge is -2.32. The molecule has 0 bridgehead atoms. The summed E-state index contributed by atoms with van der Waals surface area (Å²) in [6, 6.07) is 1.82. The minimum Gasteiger partial charge on any atom is -0.338 e. The fourth-order valence-electron chi connectivity index (χ4n) is 4.23. The van der Waals surface area contributed by atoms with Crippen molar-refractivity contribution in [2.75, 3.05) is 13.1 Å². The van der Waals surface area contributed by atoms with Crippen molar-refractivity contribution < 1.29 is 4.79 Å². The van der Waals surface area contributed by atoms with Crippen molar-refractivity contribution in [1.29, 1.82) is 0 Å². The van der Waals surface area contributed by atoms with Crippen molar-refractivity contribution in [3.63, 3.8) is 0 Å². The van der Waals surface area contributed by atoms with Crippen LogP contribution in [0.1, 0.15) is 58.3 Å². The van der Waals surface area contributed by atoms with Crippen molar-refractivity contribution in [1.82, 2.24) is 19.4 Å². The van der Waals surface area contributed by atoms with Gasteiger partial charge in [0.25, 0.3) is 11.5 Å². The molecule has 2 aliphatic rings. The van der Waals surface area contributed by atoms with Crippen molar-refractivity contribution in [2.45, 2.75) is 44.9 Å². The van der Waals surface area contributed by atoms with Crippen LogP contribution in [0.15, 0.2) is 17.1 Å². The van der Waals surface area contributed by atoms with Gasteiger partial charge < -0.3 is 14.5 Å². The number of aryl methyl sites for hydroxylation is 4. The number of carbonyl (C=O) groups is 1. The molecule has 3 heterocycles. The molecule has 1 saturated heterocycles. The molecule has 1 aliphatic heterocycles. The van der Waals surface area contributed by atoms with Crippen LogP contribution in [0.4, 0.5) is 0 Å². The maximum atomic E-state index is 13.0. The van der Waals surface area contributed by atoms with Crippen LogP contribution in [0.25, 0.3) is 0 Å². The van der Waals surface area contributed by atoms with Crippen LogP contribution in [0.5, 0.6) is 0 Å². The molecule has 132 valence electrons. The number of amides is 1. The third-order valence-electron chi connectivity index (χ3n) is 5.43. The Bertz CT molecular complexity index is 880. The Kier molecular flexibility index (Phi) is 3.98. The quantitative estimate of drug-likeness (QED) is 0.908. The summed E-state index contributed by atoms with van der Waals surface area (Å²) in [4.78, 5) is 34.7. The standard InChI is InChI=1S/C19H24N4O2/c1-12-10-22(2)17(20-12)14-6-4-8-23(11-14)19(25)15-9-13-5-3-7-16(13)21-18(15)24/h9-10,14H,3-8,11H2,1-2H3,(H,21,24)/t14-/m0/s1. The number of nitrogens with zero attached hydrogens (tertiary/aromatic N) is 3. The fourth-order valence-corrected chi connectivity index (χ4v) is 4.23. The Labute approximate surface area is 146 Å². The van der Waals surface area contributed by atoms with E-state index in [0.29, 0.717) is 13.1 Å². The smallest absolute Gasteiger partial charge is 0.261 e. The molecule has 1 fully saturated rings. The first kappa shape index (κ1) is 16.1. The first-order valence-electron chi connectivity index (χ1n) is 9.07. The highest BCUT2D eigenvalue weighted by Crippen LogP contribution is 2.27. The minimum absolute atomic E-state index is 0.147. The predicted molar refractivity (Wildman–Crippen MR) is 94.9 cm³/mol. The third-order valence-corrected chi connectivity index (χ3v) is 5.43. The van der Waals surface area contributed by atoms with E-state index in [1.54, 1.807) is 0 Å². The van der Waals surface area contributed by atoms with Gasteiger partial charge in [0.1, 0.15) is 11.4 Å². The summed E-state index contributed by atoms with van der Waals surface area (Å²) >= 11 is 0. The Morgan fingerprint density at radius 2 is 2.16 bits per heavy atom. The van der Waals surface area contributed by atoms with Crippen LogP contribution in [0, 0.1) is 6.92 Å². The number of rotatable bonds is 2. The first-order valence-corrected chi connectivity index (χ1v) is 9.07. The number of likely N-dealkylation sites (tertiary alicyclic amines) is 1. The normalized spacial score (nSPS) is 19.9. The Hall–Kier alpha value is -2.37. The molecule has 0 aromatic carbocycles. The third kappa shape index (κ3) is 2.90. The van der Waals surface area contributed by atoms with Gasteiger partial charge >= 0.3 is 0 Å². The monoisotopic (exact) mass is 340 g/mol. The molecule has 0 saturated carbocycles. The van der Waals surface area contributed by atoms with Crippen molar-refractivity contribution in [3.05, 3.63) is 51.0 Å². The van der Waals surface area contributed by atoms with Gasteiger partial charge in [0.2, 0.25) is 0 Å². The van der Waals surface area contributed by atoms with Crippen LogP contribution in [0.2, 0.25) is 0 Å². The maximum Gasteiger partial charge on any atom is 0.261 e. The molecule has 25 heavy (non-hydrogen) atoms. The van der Waals surface area contributed by atoms with E-state index < -0.39 is 0 Å². The molecule has 1 amide bonds. The molecule has 1 aliphatic carbocycles. The fraction of sp³-hybridized carbons (Fsp3) is 0.526. The number of aromatic amines is 1. The van der Waals surface area contributed by atoms with Gasteiger partial charge in [-0.15, -0.1) is 0 Å². The first-order chi connectivity index (χ1) is 12.0. The van der Waals surface area contributed by atoms with Crippen LogP contribution < -0.4 is 5.56 Å². The molecule has 0 spiro atoms. The highest BCUT2D eigenvalue weighted by atomic mass is 16.2. The summed E-state index contributed by atoms with van der Waals surface area (Å²) in [6.45, 7) is 3.31. The van der Waals surface area contributed by atoms with Gasteiger partial charge in [-0.05, 0) is 50.7 Å². The van der Waals surface area contributed by atoms with E-state index in [4.69, 9.17) is 0 Å². The van der Waals surface area contributed by atoms with Gasteiger partial charge in [0, 0.05) is 37.9 Å². The van der Waals surface area contributed by atoms with Gasteiger partial charge in [-0.25, -0.2) is 4.98 Å². The second kappa shape index (κ2) is 6.17. The summed E-state index contributed by atoms with van der Waals surface area (Å²) in [5.74, 6) is 1.11. The summed E-state index contributed by atoms with van der Waals surface area (Å²) in [6.07, 6.45) is 6.87. The molecular formula is C19H24N4O2. The average Bonchev–Trinajstić information content (AvgIpc) is 3.18. The number of nitrogens with one attached hydrogen (secondary N) is 1. The Morgan fingerprint density at radius 1 is 1.32 bits per heavy atom. The number of fused-ring (bicyclic) bond motifs is 1. The van der Waals surface area contributed by atoms with E-state index in [2.05, 4.69) is 14.5 Å². The zero-order valence-electron chi connectivity index (χ0n) is 14.8. The molecule has 0 radical (unpaired) electrons. The molecular weight excluding hydrogens is 316 g/mol. The van der Waals surface area contributed by atoms with Crippen LogP contribution in [-0.2, 0) is 19.9 Å². The Morgan fingerprint density at radius 3 is 2.92 bits per heavy atom. The van der Waals surface area contributed by atoms with E-state index >= 15 is 0 Å². The van der Waals surface area contributed by atoms with Gasteiger partial charge in [-0.1, -0.05) is 0 Å². The van der Waals surface area contributed by atoms with Crippen LogP contribution in [-0.4, -0.2) is 38.4 Å². The van der Waals surface area contributed by atoms with Crippen LogP contribution in [0.3, 0.4) is 0 Å². The summed E-state index contributed by atoms with van der Waals surface area (Å²) in [5, 5.41) is 0. The number of imidazole rings is 1. The van der Waals surface area contributed by atoms with Gasteiger partial charge in [-0.2, -0.15) is 0 Å². The zero-order valence-corrected chi connectivity index (χ0v) is 14.8. The lowest BCUT2D eigenvalue weighted by molar-refractivity contribution is 0.0701. The molecule has 6 heteroatoms. The minimum atomic E-state index is -0.249. The van der Waals surface area contributed by atoms with E-state index in [1.807, 2.05) is 31.1 Å². The Balaban J connectivity index is 1.58. The molecule has 2 aromatic heterocycles. The topological polar surface area (TPSA) is 71.0 Å². The largest absolute Gasteiger partial charge is 0.338 e. The average molecular weight is 340 g/mol. The number of carbonyl (C=O) groups excluding carboxylic acids is 1. The molecule has 0 unspecified atom stereocenters. The maximum absolute atomic E-state index is 13.0. The lowest BCUT2D eigenvalue weighted by atomic mass is 9.96. The van der Waals surface area contributed by atoms with E-state index in [0.717, 1.165) is 54.9 Å². The predicted octanol–water partition coefficient (Wildman–Crippen LogP) is 1.93. The van der Waals surface area contributed by atoms with E-state index in [1.165, 1.54) is 0 Å². The molecule has 4 rings (SSSR count). The number of hydrogen-bond donors (Lipinski definition) is 1. The van der Waals surface area contributed by atoms with Crippen molar-refractivity contribution >= 4 is 5.91 Å². The summed E-state index contributed by atoms with van der Waals surface area (Å²) in [7, 11) is 2.00.